The molecule has 0 unspecified atom stereocenters. The van der Waals surface area contributed by atoms with E-state index in [0.717, 1.165) is 16.5 Å². The van der Waals surface area contributed by atoms with Crippen LogP contribution in [0.4, 0.5) is 0 Å². The number of aromatic nitrogens is 4. The van der Waals surface area contributed by atoms with Crippen LogP contribution in [0.2, 0.25) is 0 Å². The van der Waals surface area contributed by atoms with Gasteiger partial charge in [-0.15, -0.1) is 5.10 Å². The summed E-state index contributed by atoms with van der Waals surface area (Å²) in [6.45, 7) is 0.541. The zero-order valence-electron chi connectivity index (χ0n) is 10.5. The third-order valence-corrected chi connectivity index (χ3v) is 3.18. The van der Waals surface area contributed by atoms with Crippen molar-refractivity contribution in [3.63, 3.8) is 0 Å². The molecule has 0 aliphatic carbocycles. The van der Waals surface area contributed by atoms with Crippen molar-refractivity contribution >= 4 is 10.8 Å². The third-order valence-electron chi connectivity index (χ3n) is 3.18. The monoisotopic (exact) mass is 269 g/mol. The fourth-order valence-electron chi connectivity index (χ4n) is 2.22. The highest BCUT2D eigenvalue weighted by Crippen LogP contribution is 2.37. The van der Waals surface area contributed by atoms with Gasteiger partial charge in [0.05, 0.1) is 6.54 Å². The first kappa shape index (κ1) is 11.2. The van der Waals surface area contributed by atoms with Crippen LogP contribution in [-0.4, -0.2) is 26.5 Å². The molecule has 20 heavy (non-hydrogen) atoms. The van der Waals surface area contributed by atoms with Gasteiger partial charge in [0, 0.05) is 11.6 Å². The fraction of sp³-hybridized carbons (Fsp3) is 0.154. The smallest absolute Gasteiger partial charge is 0.231 e. The molecule has 1 aromatic carbocycles. The van der Waals surface area contributed by atoms with E-state index in [2.05, 4.69) is 15.1 Å². The Bertz CT molecular complexity index is 799. The number of ether oxygens (including phenoxy) is 2. The van der Waals surface area contributed by atoms with Gasteiger partial charge in [0.1, 0.15) is 6.33 Å². The van der Waals surface area contributed by atoms with Gasteiger partial charge in [0.25, 0.3) is 0 Å². The Morgan fingerprint density at radius 3 is 2.85 bits per heavy atom. The molecule has 0 bridgehead atoms. The number of hydrogen-bond acceptors (Lipinski definition) is 6. The Morgan fingerprint density at radius 2 is 2.05 bits per heavy atom. The van der Waals surface area contributed by atoms with Crippen LogP contribution < -0.4 is 15.2 Å². The summed E-state index contributed by atoms with van der Waals surface area (Å²) in [7, 11) is 0. The minimum Gasteiger partial charge on any atom is -0.454 e. The van der Waals surface area contributed by atoms with Gasteiger partial charge in [-0.1, -0.05) is 0 Å². The molecule has 4 rings (SSSR count). The molecule has 2 N–H and O–H groups in total. The van der Waals surface area contributed by atoms with E-state index < -0.39 is 0 Å². The van der Waals surface area contributed by atoms with E-state index in [1.807, 2.05) is 18.2 Å². The Kier molecular flexibility index (Phi) is 2.33. The first-order chi connectivity index (χ1) is 9.85. The van der Waals surface area contributed by atoms with Gasteiger partial charge in [-0.2, -0.15) is 0 Å². The number of benzene rings is 1. The topological polar surface area (TPSA) is 88.1 Å². The first-order valence-electron chi connectivity index (χ1n) is 6.14. The number of pyridine rings is 1. The molecule has 7 nitrogen and oxygen atoms in total. The minimum absolute atomic E-state index is 0.245. The molecular weight excluding hydrogens is 258 g/mol. The highest BCUT2D eigenvalue weighted by atomic mass is 16.7. The minimum atomic E-state index is 0.245. The Hall–Kier alpha value is -2.67. The molecule has 1 aliphatic rings. The SMILES string of the molecule is NCc1ncn(-c2nccc3cc4c(cc23)OCO4)n1. The molecular formula is C13H11N5O2. The van der Waals surface area contributed by atoms with Crippen molar-refractivity contribution in [1.29, 1.82) is 0 Å². The second kappa shape index (κ2) is 4.17. The highest BCUT2D eigenvalue weighted by Gasteiger charge is 2.16. The van der Waals surface area contributed by atoms with E-state index in [0.29, 0.717) is 23.9 Å². The molecule has 0 radical (unpaired) electrons. The quantitative estimate of drug-likeness (QED) is 0.746. The van der Waals surface area contributed by atoms with Crippen LogP contribution in [0.25, 0.3) is 16.6 Å². The summed E-state index contributed by atoms with van der Waals surface area (Å²) in [5.41, 5.74) is 5.53. The zero-order valence-corrected chi connectivity index (χ0v) is 10.5. The van der Waals surface area contributed by atoms with Gasteiger partial charge < -0.3 is 15.2 Å². The first-order valence-corrected chi connectivity index (χ1v) is 6.14. The van der Waals surface area contributed by atoms with Crippen molar-refractivity contribution in [2.75, 3.05) is 6.79 Å². The van der Waals surface area contributed by atoms with E-state index in [1.165, 1.54) is 0 Å². The fourth-order valence-corrected chi connectivity index (χ4v) is 2.22. The average Bonchev–Trinajstić information content (AvgIpc) is 3.12. The van der Waals surface area contributed by atoms with E-state index in [-0.39, 0.29) is 6.79 Å². The summed E-state index contributed by atoms with van der Waals surface area (Å²) in [5.74, 6) is 2.72. The number of rotatable bonds is 2. The summed E-state index contributed by atoms with van der Waals surface area (Å²) >= 11 is 0. The maximum Gasteiger partial charge on any atom is 0.231 e. The van der Waals surface area contributed by atoms with Gasteiger partial charge in [0.15, 0.2) is 23.1 Å². The molecule has 0 amide bonds. The lowest BCUT2D eigenvalue weighted by Crippen LogP contribution is -2.02. The summed E-state index contributed by atoms with van der Waals surface area (Å²) < 4.78 is 12.4. The second-order valence-electron chi connectivity index (χ2n) is 4.37. The standard InChI is InChI=1S/C13H11N5O2/c14-5-12-16-6-18(17-12)13-9-4-11-10(19-7-20-11)3-8(9)1-2-15-13/h1-4,6H,5,7,14H2. The maximum absolute atomic E-state index is 5.53. The van der Waals surface area contributed by atoms with Gasteiger partial charge in [-0.25, -0.2) is 14.6 Å². The summed E-state index contributed by atoms with van der Waals surface area (Å²) in [6, 6.07) is 5.76. The van der Waals surface area contributed by atoms with Crippen molar-refractivity contribution < 1.29 is 9.47 Å². The Morgan fingerprint density at radius 1 is 1.20 bits per heavy atom. The highest BCUT2D eigenvalue weighted by molar-refractivity contribution is 5.91. The van der Waals surface area contributed by atoms with E-state index in [1.54, 1.807) is 17.2 Å². The summed E-state index contributed by atoms with van der Waals surface area (Å²) in [6.07, 6.45) is 3.33. The van der Waals surface area contributed by atoms with Gasteiger partial charge in [-0.05, 0) is 23.6 Å². The molecule has 0 atom stereocenters. The number of nitrogens with zero attached hydrogens (tertiary/aromatic N) is 4. The van der Waals surface area contributed by atoms with Crippen LogP contribution in [0.15, 0.2) is 30.7 Å². The molecule has 0 spiro atoms. The normalized spacial score (nSPS) is 13.1. The van der Waals surface area contributed by atoms with Crippen LogP contribution in [0, 0.1) is 0 Å². The Balaban J connectivity index is 1.95. The second-order valence-corrected chi connectivity index (χ2v) is 4.37. The molecule has 0 fully saturated rings. The van der Waals surface area contributed by atoms with E-state index >= 15 is 0 Å². The van der Waals surface area contributed by atoms with Crippen molar-refractivity contribution in [3.05, 3.63) is 36.5 Å². The van der Waals surface area contributed by atoms with Gasteiger partial charge in [-0.3, -0.25) is 0 Å². The average molecular weight is 269 g/mol. The number of fused-ring (bicyclic) bond motifs is 2. The van der Waals surface area contributed by atoms with E-state index in [9.17, 15) is 0 Å². The van der Waals surface area contributed by atoms with Gasteiger partial charge in [0.2, 0.25) is 6.79 Å². The third kappa shape index (κ3) is 1.60. The lowest BCUT2D eigenvalue weighted by Gasteiger charge is -2.06. The molecule has 0 saturated carbocycles. The lowest BCUT2D eigenvalue weighted by atomic mass is 10.1. The number of hydrogen-bond donors (Lipinski definition) is 1. The van der Waals surface area contributed by atoms with Crippen LogP contribution in [0.1, 0.15) is 5.82 Å². The predicted octanol–water partition coefficient (Wildman–Crippen LogP) is 1.00. The van der Waals surface area contributed by atoms with Crippen molar-refractivity contribution in [2.45, 2.75) is 6.54 Å². The van der Waals surface area contributed by atoms with Crippen LogP contribution >= 0.6 is 0 Å². The predicted molar refractivity (Wildman–Crippen MR) is 70.7 cm³/mol. The van der Waals surface area contributed by atoms with E-state index in [4.69, 9.17) is 15.2 Å². The molecule has 3 heterocycles. The zero-order chi connectivity index (χ0) is 13.5. The molecule has 1 aliphatic heterocycles. The molecule has 100 valence electrons. The van der Waals surface area contributed by atoms with Crippen LogP contribution in [0.3, 0.4) is 0 Å². The maximum atomic E-state index is 5.53. The van der Waals surface area contributed by atoms with Crippen molar-refractivity contribution in [2.24, 2.45) is 5.73 Å². The molecule has 2 aromatic heterocycles. The van der Waals surface area contributed by atoms with Crippen molar-refractivity contribution in [1.82, 2.24) is 19.7 Å². The van der Waals surface area contributed by atoms with Crippen molar-refractivity contribution in [3.8, 4) is 17.3 Å². The Labute approximate surface area is 114 Å². The molecule has 7 heteroatoms. The summed E-state index contributed by atoms with van der Waals surface area (Å²) in [4.78, 5) is 8.49. The van der Waals surface area contributed by atoms with Crippen LogP contribution in [0.5, 0.6) is 11.5 Å². The number of nitrogens with two attached hydrogens (primary N) is 1. The van der Waals surface area contributed by atoms with Gasteiger partial charge >= 0.3 is 0 Å². The summed E-state index contributed by atoms with van der Waals surface area (Å²) in [5, 5.41) is 6.21. The largest absolute Gasteiger partial charge is 0.454 e. The lowest BCUT2D eigenvalue weighted by molar-refractivity contribution is 0.174. The van der Waals surface area contributed by atoms with Crippen LogP contribution in [-0.2, 0) is 6.54 Å². The molecule has 3 aromatic rings. The molecule has 0 saturated heterocycles.